The molecule has 0 spiro atoms. The van der Waals surface area contributed by atoms with Gasteiger partial charge in [-0.2, -0.15) is 0 Å². The normalized spacial score (nSPS) is 16.1. The monoisotopic (exact) mass is 456 g/mol. The van der Waals surface area contributed by atoms with Crippen LogP contribution in [-0.4, -0.2) is 29.4 Å². The summed E-state index contributed by atoms with van der Waals surface area (Å²) in [5.74, 6) is -0.133. The molecule has 0 saturated carbocycles. The molecule has 0 amide bonds. The number of thiazole rings is 1. The lowest BCUT2D eigenvalue weighted by atomic mass is 10.0. The van der Waals surface area contributed by atoms with Crippen molar-refractivity contribution in [1.29, 1.82) is 0 Å². The summed E-state index contributed by atoms with van der Waals surface area (Å²) in [7, 11) is 1.47. The fourth-order valence-corrected chi connectivity index (χ4v) is 5.31. The van der Waals surface area contributed by atoms with E-state index in [9.17, 15) is 14.7 Å². The van der Waals surface area contributed by atoms with Crippen molar-refractivity contribution in [3.05, 3.63) is 77.1 Å². The molecule has 7 nitrogen and oxygen atoms in total. The van der Waals surface area contributed by atoms with Crippen LogP contribution in [0, 0.1) is 0 Å². The Hall–Kier alpha value is -3.17. The maximum absolute atomic E-state index is 13.4. The number of allylic oxidation sites excluding steroid dienone is 1. The Labute approximate surface area is 185 Å². The van der Waals surface area contributed by atoms with Crippen LogP contribution in [0.1, 0.15) is 30.3 Å². The minimum Gasteiger partial charge on any atom is -0.504 e. The molecule has 1 unspecified atom stereocenters. The van der Waals surface area contributed by atoms with Crippen molar-refractivity contribution in [3.63, 3.8) is 0 Å². The first kappa shape index (κ1) is 21.1. The minimum absolute atomic E-state index is 0.0218. The van der Waals surface area contributed by atoms with Crippen molar-refractivity contribution in [2.24, 2.45) is 4.99 Å². The molecule has 4 rings (SSSR count). The number of nitrogens with zero attached hydrogens (tertiary/aromatic N) is 2. The number of hydrogen-bond acceptors (Lipinski definition) is 8. The van der Waals surface area contributed by atoms with Gasteiger partial charge in [0.05, 0.1) is 29.5 Å². The number of esters is 1. The van der Waals surface area contributed by atoms with Crippen LogP contribution in [0.25, 0.3) is 6.08 Å². The third kappa shape index (κ3) is 3.82. The molecule has 0 fully saturated rings. The van der Waals surface area contributed by atoms with Gasteiger partial charge in [-0.3, -0.25) is 9.36 Å². The third-order valence-electron chi connectivity index (χ3n) is 4.83. The van der Waals surface area contributed by atoms with Gasteiger partial charge < -0.3 is 14.6 Å². The third-order valence-corrected chi connectivity index (χ3v) is 6.74. The second-order valence-electron chi connectivity index (χ2n) is 6.75. The Morgan fingerprint density at radius 2 is 2.16 bits per heavy atom. The number of thiophene rings is 1. The number of fused-ring (bicyclic) bond motifs is 1. The lowest BCUT2D eigenvalue weighted by molar-refractivity contribution is -0.139. The minimum atomic E-state index is -0.591. The van der Waals surface area contributed by atoms with Gasteiger partial charge in [-0.05, 0) is 49.1 Å². The number of benzene rings is 1. The van der Waals surface area contributed by atoms with Gasteiger partial charge in [0.1, 0.15) is 6.04 Å². The quantitative estimate of drug-likeness (QED) is 0.596. The molecule has 1 N–H and O–H groups in total. The van der Waals surface area contributed by atoms with Gasteiger partial charge >= 0.3 is 5.97 Å². The number of aromatic nitrogens is 1. The largest absolute Gasteiger partial charge is 0.504 e. The second-order valence-corrected chi connectivity index (χ2v) is 8.74. The van der Waals surface area contributed by atoms with E-state index in [1.165, 1.54) is 35.8 Å². The first-order valence-corrected chi connectivity index (χ1v) is 11.2. The molecule has 160 valence electrons. The lowest BCUT2D eigenvalue weighted by Gasteiger charge is -2.23. The summed E-state index contributed by atoms with van der Waals surface area (Å²) in [5.41, 5.74) is 1.36. The van der Waals surface area contributed by atoms with Gasteiger partial charge in [-0.1, -0.05) is 23.5 Å². The van der Waals surface area contributed by atoms with Crippen LogP contribution in [0.3, 0.4) is 0 Å². The van der Waals surface area contributed by atoms with Crippen molar-refractivity contribution in [2.45, 2.75) is 19.9 Å². The van der Waals surface area contributed by atoms with E-state index in [0.717, 1.165) is 4.88 Å². The molecule has 3 aromatic rings. The van der Waals surface area contributed by atoms with Gasteiger partial charge in [0, 0.05) is 4.88 Å². The Kier molecular flexibility index (Phi) is 5.79. The van der Waals surface area contributed by atoms with E-state index in [2.05, 4.69) is 4.99 Å². The Morgan fingerprint density at radius 1 is 1.35 bits per heavy atom. The molecule has 1 aliphatic rings. The number of ether oxygens (including phenoxy) is 2. The number of carbonyl (C=O) groups excluding carboxylic acids is 1. The summed E-state index contributed by atoms with van der Waals surface area (Å²) < 4.78 is 12.4. The predicted octanol–water partition coefficient (Wildman–Crippen LogP) is 2.57. The summed E-state index contributed by atoms with van der Waals surface area (Å²) in [4.78, 5) is 32.1. The number of methoxy groups -OCH3 is 1. The van der Waals surface area contributed by atoms with Gasteiger partial charge in [0.25, 0.3) is 5.56 Å². The standard InChI is InChI=1S/C22H20N2O5S2/c1-4-29-21(27)18-12(2)23-22-24(19(18)16-6-5-9-30-16)20(26)17(31-22)11-13-7-8-14(25)15(10-13)28-3/h5-11,19,25H,4H2,1-3H3/b17-11-. The molecule has 31 heavy (non-hydrogen) atoms. The van der Waals surface area contributed by atoms with Crippen LogP contribution in [0.5, 0.6) is 11.5 Å². The number of carbonyl (C=O) groups is 1. The highest BCUT2D eigenvalue weighted by molar-refractivity contribution is 7.10. The maximum Gasteiger partial charge on any atom is 0.338 e. The van der Waals surface area contributed by atoms with Gasteiger partial charge in [-0.15, -0.1) is 11.3 Å². The number of rotatable bonds is 5. The molecular formula is C22H20N2O5S2. The molecule has 3 heterocycles. The predicted molar refractivity (Wildman–Crippen MR) is 119 cm³/mol. The van der Waals surface area contributed by atoms with Gasteiger partial charge in [0.15, 0.2) is 16.3 Å². The number of hydrogen-bond donors (Lipinski definition) is 1. The van der Waals surface area contributed by atoms with E-state index in [1.54, 1.807) is 36.6 Å². The van der Waals surface area contributed by atoms with Crippen molar-refractivity contribution in [1.82, 2.24) is 4.57 Å². The fourth-order valence-electron chi connectivity index (χ4n) is 3.44. The van der Waals surface area contributed by atoms with Crippen molar-refractivity contribution in [3.8, 4) is 11.5 Å². The SMILES string of the molecule is CCOC(=O)C1=C(C)N=c2s/c(=C\c3ccc(O)c(OC)c3)c(=O)n2C1c1cccs1. The number of aromatic hydroxyl groups is 1. The van der Waals surface area contributed by atoms with E-state index in [0.29, 0.717) is 31.9 Å². The Morgan fingerprint density at radius 3 is 2.84 bits per heavy atom. The van der Waals surface area contributed by atoms with Gasteiger partial charge in [-0.25, -0.2) is 9.79 Å². The summed E-state index contributed by atoms with van der Waals surface area (Å²) >= 11 is 2.72. The van der Waals surface area contributed by atoms with E-state index in [-0.39, 0.29) is 17.9 Å². The molecule has 2 aromatic heterocycles. The fraction of sp³-hybridized carbons (Fsp3) is 0.227. The van der Waals surface area contributed by atoms with Crippen molar-refractivity contribution >= 4 is 34.7 Å². The van der Waals surface area contributed by atoms with Crippen molar-refractivity contribution in [2.75, 3.05) is 13.7 Å². The summed E-state index contributed by atoms with van der Waals surface area (Å²) in [6.07, 6.45) is 1.72. The van der Waals surface area contributed by atoms with E-state index >= 15 is 0 Å². The van der Waals surface area contributed by atoms with Crippen LogP contribution in [0.2, 0.25) is 0 Å². The Balaban J connectivity index is 1.92. The zero-order chi connectivity index (χ0) is 22.1. The molecule has 0 aliphatic carbocycles. The molecule has 1 aromatic carbocycles. The lowest BCUT2D eigenvalue weighted by Crippen LogP contribution is -2.39. The average molecular weight is 457 g/mol. The maximum atomic E-state index is 13.4. The van der Waals surface area contributed by atoms with Crippen LogP contribution < -0.4 is 19.6 Å². The highest BCUT2D eigenvalue weighted by Gasteiger charge is 2.33. The highest BCUT2D eigenvalue weighted by Crippen LogP contribution is 2.33. The molecule has 1 atom stereocenters. The highest BCUT2D eigenvalue weighted by atomic mass is 32.1. The smallest absolute Gasteiger partial charge is 0.338 e. The number of phenolic OH excluding ortho intramolecular Hbond substituents is 1. The zero-order valence-corrected chi connectivity index (χ0v) is 18.8. The average Bonchev–Trinajstić information content (AvgIpc) is 3.37. The molecule has 1 aliphatic heterocycles. The van der Waals surface area contributed by atoms with Crippen LogP contribution in [0.15, 0.2) is 56.8 Å². The summed E-state index contributed by atoms with van der Waals surface area (Å²) in [5, 5.41) is 11.7. The second kappa shape index (κ2) is 8.52. The van der Waals surface area contributed by atoms with Gasteiger partial charge in [0.2, 0.25) is 0 Å². The van der Waals surface area contributed by atoms with Crippen molar-refractivity contribution < 1.29 is 19.4 Å². The van der Waals surface area contributed by atoms with Crippen LogP contribution >= 0.6 is 22.7 Å². The van der Waals surface area contributed by atoms with E-state index < -0.39 is 12.0 Å². The summed E-state index contributed by atoms with van der Waals surface area (Å²) in [6.45, 7) is 3.74. The Bertz CT molecular complexity index is 1350. The van der Waals surface area contributed by atoms with E-state index in [4.69, 9.17) is 9.47 Å². The topological polar surface area (TPSA) is 90.1 Å². The molecule has 0 radical (unpaired) electrons. The molecule has 0 saturated heterocycles. The summed E-state index contributed by atoms with van der Waals surface area (Å²) in [6, 6.07) is 8.05. The first-order chi connectivity index (χ1) is 14.9. The molecular weight excluding hydrogens is 436 g/mol. The van der Waals surface area contributed by atoms with Crippen LogP contribution in [-0.2, 0) is 9.53 Å². The van der Waals surface area contributed by atoms with E-state index in [1.807, 2.05) is 17.5 Å². The molecule has 9 heteroatoms. The molecule has 0 bridgehead atoms. The van der Waals surface area contributed by atoms with Crippen LogP contribution in [0.4, 0.5) is 0 Å². The number of phenols is 1. The zero-order valence-electron chi connectivity index (χ0n) is 17.1. The first-order valence-electron chi connectivity index (χ1n) is 9.54.